The molecule has 0 aromatic carbocycles. The first kappa shape index (κ1) is 15.9. The van der Waals surface area contributed by atoms with Crippen LogP contribution in [0.3, 0.4) is 0 Å². The third kappa shape index (κ3) is 8.11. The summed E-state index contributed by atoms with van der Waals surface area (Å²) in [6, 6.07) is 1.43. The summed E-state index contributed by atoms with van der Waals surface area (Å²) < 4.78 is 0. The average Bonchev–Trinajstić information content (AvgIpc) is 2.18. The minimum absolute atomic E-state index is 1.02. The van der Waals surface area contributed by atoms with E-state index in [0.717, 1.165) is 0 Å². The van der Waals surface area contributed by atoms with Crippen molar-refractivity contribution in [3.8, 4) is 0 Å². The molecule has 0 N–H and O–H groups in total. The van der Waals surface area contributed by atoms with Crippen molar-refractivity contribution in [1.82, 2.24) is 4.90 Å². The number of hydrogen-bond donors (Lipinski definition) is 0. The highest BCUT2D eigenvalue weighted by molar-refractivity contribution is 6.82. The normalized spacial score (nSPS) is 12.9. The quantitative estimate of drug-likeness (QED) is 0.543. The Hall–Kier alpha value is -0.0831. The predicted octanol–water partition coefficient (Wildman–Crippen LogP) is 4.32. The molecule has 0 aliphatic rings. The lowest BCUT2D eigenvalue weighted by atomic mass is 10.3. The first-order valence-corrected chi connectivity index (χ1v) is 10.2. The first-order chi connectivity index (χ1) is 7.55. The molecule has 0 bridgehead atoms. The van der Waals surface area contributed by atoms with E-state index in [4.69, 9.17) is 0 Å². The summed E-state index contributed by atoms with van der Waals surface area (Å²) in [5.74, 6) is 0. The zero-order chi connectivity index (χ0) is 12.4. The smallest absolute Gasteiger partial charge is 0.0713 e. The molecule has 96 valence electrons. The summed E-state index contributed by atoms with van der Waals surface area (Å²) in [6.07, 6.45) is 6.19. The third-order valence-corrected chi connectivity index (χ3v) is 5.87. The molecular formula is C14H31NSi. The molecule has 0 atom stereocenters. The van der Waals surface area contributed by atoms with Crippen molar-refractivity contribution in [2.24, 2.45) is 0 Å². The van der Waals surface area contributed by atoms with Crippen LogP contribution >= 0.6 is 0 Å². The van der Waals surface area contributed by atoms with Crippen LogP contribution in [0.15, 0.2) is 11.8 Å². The highest BCUT2D eigenvalue weighted by Crippen LogP contribution is 2.14. The Bertz CT molecular complexity index is 181. The van der Waals surface area contributed by atoms with Crippen molar-refractivity contribution in [3.05, 3.63) is 11.8 Å². The molecule has 0 saturated heterocycles. The van der Waals surface area contributed by atoms with Crippen molar-refractivity contribution >= 4 is 8.07 Å². The van der Waals surface area contributed by atoms with E-state index in [1.807, 2.05) is 0 Å². The topological polar surface area (TPSA) is 3.24 Å². The molecular weight excluding hydrogens is 210 g/mol. The Morgan fingerprint density at radius 2 is 1.56 bits per heavy atom. The predicted molar refractivity (Wildman–Crippen MR) is 78.7 cm³/mol. The van der Waals surface area contributed by atoms with E-state index >= 15 is 0 Å². The molecule has 0 aromatic heterocycles. The van der Waals surface area contributed by atoms with Crippen molar-refractivity contribution in [2.75, 3.05) is 19.6 Å². The maximum atomic E-state index is 2.63. The molecule has 0 aliphatic carbocycles. The van der Waals surface area contributed by atoms with Gasteiger partial charge in [-0.2, -0.15) is 0 Å². The average molecular weight is 241 g/mol. The minimum atomic E-state index is -1.02. The summed E-state index contributed by atoms with van der Waals surface area (Å²) in [7, 11) is -1.02. The van der Waals surface area contributed by atoms with Crippen LogP contribution in [0.2, 0.25) is 19.1 Å². The molecule has 2 heteroatoms. The van der Waals surface area contributed by atoms with Crippen LogP contribution in [0.4, 0.5) is 0 Å². The molecule has 16 heavy (non-hydrogen) atoms. The van der Waals surface area contributed by atoms with Gasteiger partial charge in [0, 0.05) is 0 Å². The van der Waals surface area contributed by atoms with Crippen LogP contribution < -0.4 is 0 Å². The van der Waals surface area contributed by atoms with Crippen molar-refractivity contribution < 1.29 is 0 Å². The standard InChI is InChI=1S/C14H31NSi/c1-6-10-15(11-7-2)12-9-14-16(4,5)13-8-3/h8,13H,6-7,9-12,14H2,1-5H3. The highest BCUT2D eigenvalue weighted by Gasteiger charge is 2.16. The van der Waals surface area contributed by atoms with Gasteiger partial charge in [-0.3, -0.25) is 0 Å². The van der Waals surface area contributed by atoms with Crippen LogP contribution in [-0.4, -0.2) is 32.6 Å². The summed E-state index contributed by atoms with van der Waals surface area (Å²) in [5, 5.41) is 0. The van der Waals surface area contributed by atoms with E-state index in [9.17, 15) is 0 Å². The Morgan fingerprint density at radius 3 is 2.00 bits per heavy atom. The van der Waals surface area contributed by atoms with Gasteiger partial charge in [-0.05, 0) is 45.8 Å². The number of allylic oxidation sites excluding steroid dienone is 1. The van der Waals surface area contributed by atoms with Gasteiger partial charge in [-0.25, -0.2) is 0 Å². The van der Waals surface area contributed by atoms with E-state index in [-0.39, 0.29) is 0 Å². The Kier molecular flexibility index (Phi) is 8.95. The monoisotopic (exact) mass is 241 g/mol. The van der Waals surface area contributed by atoms with Gasteiger partial charge in [0.25, 0.3) is 0 Å². The minimum Gasteiger partial charge on any atom is -0.303 e. The molecule has 0 rings (SSSR count). The summed E-state index contributed by atoms with van der Waals surface area (Å²) in [5.41, 5.74) is 2.47. The molecule has 1 nitrogen and oxygen atoms in total. The third-order valence-electron chi connectivity index (χ3n) is 2.99. The van der Waals surface area contributed by atoms with Crippen LogP contribution in [0, 0.1) is 0 Å². The summed E-state index contributed by atoms with van der Waals surface area (Å²) in [6.45, 7) is 15.5. The lowest BCUT2D eigenvalue weighted by Gasteiger charge is -2.23. The van der Waals surface area contributed by atoms with Gasteiger partial charge in [-0.15, -0.1) is 0 Å². The van der Waals surface area contributed by atoms with Gasteiger partial charge in [0.1, 0.15) is 0 Å². The van der Waals surface area contributed by atoms with Gasteiger partial charge in [-0.1, -0.05) is 44.8 Å². The molecule has 0 unspecified atom stereocenters. The number of rotatable bonds is 9. The van der Waals surface area contributed by atoms with E-state index in [0.29, 0.717) is 0 Å². The van der Waals surface area contributed by atoms with E-state index in [1.54, 1.807) is 0 Å². The van der Waals surface area contributed by atoms with Crippen molar-refractivity contribution in [3.63, 3.8) is 0 Å². The van der Waals surface area contributed by atoms with Gasteiger partial charge in [0.15, 0.2) is 0 Å². The molecule has 0 amide bonds. The second-order valence-electron chi connectivity index (χ2n) is 5.43. The molecule has 0 aliphatic heterocycles. The van der Waals surface area contributed by atoms with Gasteiger partial charge >= 0.3 is 0 Å². The fraction of sp³-hybridized carbons (Fsp3) is 0.857. The Morgan fingerprint density at radius 1 is 1.00 bits per heavy atom. The largest absolute Gasteiger partial charge is 0.303 e. The molecule has 0 fully saturated rings. The van der Waals surface area contributed by atoms with Crippen LogP contribution in [-0.2, 0) is 0 Å². The molecule has 0 heterocycles. The molecule has 0 aromatic rings. The van der Waals surface area contributed by atoms with E-state index in [1.165, 1.54) is 44.9 Å². The van der Waals surface area contributed by atoms with Crippen LogP contribution in [0.5, 0.6) is 0 Å². The molecule has 0 saturated carbocycles. The lowest BCUT2D eigenvalue weighted by molar-refractivity contribution is 0.275. The van der Waals surface area contributed by atoms with Crippen molar-refractivity contribution in [2.45, 2.75) is 59.2 Å². The second-order valence-corrected chi connectivity index (χ2v) is 10.2. The SMILES string of the molecule is CC=C[Si](C)(C)CCCN(CCC)CCC. The lowest BCUT2D eigenvalue weighted by Crippen LogP contribution is -2.29. The van der Waals surface area contributed by atoms with Crippen LogP contribution in [0.1, 0.15) is 40.0 Å². The summed E-state index contributed by atoms with van der Waals surface area (Å²) >= 11 is 0. The molecule has 0 radical (unpaired) electrons. The zero-order valence-corrected chi connectivity index (χ0v) is 13.1. The maximum absolute atomic E-state index is 2.63. The fourth-order valence-corrected chi connectivity index (χ4v) is 4.40. The van der Waals surface area contributed by atoms with Gasteiger partial charge in [0.2, 0.25) is 0 Å². The molecule has 0 spiro atoms. The van der Waals surface area contributed by atoms with E-state index < -0.39 is 8.07 Å². The number of nitrogens with zero attached hydrogens (tertiary/aromatic N) is 1. The second kappa shape index (κ2) is 9.00. The number of hydrogen-bond acceptors (Lipinski definition) is 1. The van der Waals surface area contributed by atoms with E-state index in [2.05, 4.69) is 50.5 Å². The van der Waals surface area contributed by atoms with Gasteiger partial charge < -0.3 is 4.90 Å². The van der Waals surface area contributed by atoms with Gasteiger partial charge in [0.05, 0.1) is 8.07 Å². The maximum Gasteiger partial charge on any atom is 0.0713 e. The highest BCUT2D eigenvalue weighted by atomic mass is 28.3. The first-order valence-electron chi connectivity index (χ1n) is 6.92. The Labute approximate surface area is 104 Å². The van der Waals surface area contributed by atoms with Crippen molar-refractivity contribution in [1.29, 1.82) is 0 Å². The van der Waals surface area contributed by atoms with Crippen LogP contribution in [0.25, 0.3) is 0 Å². The Balaban J connectivity index is 3.84. The summed E-state index contributed by atoms with van der Waals surface area (Å²) in [4.78, 5) is 2.63. The fourth-order valence-electron chi connectivity index (χ4n) is 2.26. The zero-order valence-electron chi connectivity index (χ0n) is 12.1.